The molecule has 3 aromatic carbocycles. The smallest absolute Gasteiger partial charge is 0.222 e. The van der Waals surface area contributed by atoms with Gasteiger partial charge in [0, 0.05) is 19.5 Å². The van der Waals surface area contributed by atoms with Gasteiger partial charge in [0.2, 0.25) is 5.91 Å². The van der Waals surface area contributed by atoms with Crippen LogP contribution in [0.4, 0.5) is 0 Å². The van der Waals surface area contributed by atoms with Crippen LogP contribution in [0.3, 0.4) is 0 Å². The van der Waals surface area contributed by atoms with Gasteiger partial charge < -0.3 is 9.64 Å². The Kier molecular flexibility index (Phi) is 7.97. The lowest BCUT2D eigenvalue weighted by Gasteiger charge is -2.27. The number of ether oxygens (including phenoxy) is 1. The Hall–Kier alpha value is -3.33. The van der Waals surface area contributed by atoms with Crippen molar-refractivity contribution in [1.29, 1.82) is 0 Å². The predicted octanol–water partition coefficient (Wildman–Crippen LogP) is 6.84. The summed E-state index contributed by atoms with van der Waals surface area (Å²) in [4.78, 5) is 14.8. The fourth-order valence-corrected chi connectivity index (χ4v) is 4.65. The average Bonchev–Trinajstić information content (AvgIpc) is 2.90. The molecule has 170 valence electrons. The van der Waals surface area contributed by atoms with Gasteiger partial charge in [0.05, 0.1) is 7.11 Å². The number of hydrogen-bond acceptors (Lipinski definition) is 2. The van der Waals surface area contributed by atoms with E-state index in [4.69, 9.17) is 4.74 Å². The van der Waals surface area contributed by atoms with Crippen molar-refractivity contribution in [2.24, 2.45) is 0 Å². The van der Waals surface area contributed by atoms with Crippen molar-refractivity contribution in [3.05, 3.63) is 102 Å². The van der Waals surface area contributed by atoms with E-state index in [1.807, 2.05) is 12.1 Å². The molecule has 1 amide bonds. The minimum Gasteiger partial charge on any atom is -0.497 e. The Morgan fingerprint density at radius 2 is 1.30 bits per heavy atom. The molecular weight excluding hydrogens is 406 g/mol. The standard InChI is InChI=1S/C30H33NO2/c1-33-27-20-18-26(19-21-27)30(25-14-7-3-8-15-25)28(24-12-5-2-6-13-24)16-11-17-29(32)31-22-9-4-10-23-31/h2-3,5-8,12-15,18-21H,4,9-11,16-17,22-23H2,1H3/b30-28-. The second kappa shape index (κ2) is 11.5. The number of allylic oxidation sites excluding steroid dienone is 1. The first-order valence-electron chi connectivity index (χ1n) is 12.0. The van der Waals surface area contributed by atoms with Gasteiger partial charge in [-0.15, -0.1) is 0 Å². The largest absolute Gasteiger partial charge is 0.497 e. The van der Waals surface area contributed by atoms with Crippen molar-refractivity contribution in [1.82, 2.24) is 4.90 Å². The van der Waals surface area contributed by atoms with Crippen LogP contribution in [-0.2, 0) is 4.79 Å². The van der Waals surface area contributed by atoms with Crippen LogP contribution >= 0.6 is 0 Å². The summed E-state index contributed by atoms with van der Waals surface area (Å²) in [5.74, 6) is 1.15. The molecule has 3 heteroatoms. The van der Waals surface area contributed by atoms with Crippen molar-refractivity contribution < 1.29 is 9.53 Å². The predicted molar refractivity (Wildman–Crippen MR) is 136 cm³/mol. The third-order valence-electron chi connectivity index (χ3n) is 6.39. The fraction of sp³-hybridized carbons (Fsp3) is 0.300. The minimum absolute atomic E-state index is 0.299. The molecule has 0 saturated carbocycles. The summed E-state index contributed by atoms with van der Waals surface area (Å²) in [7, 11) is 1.69. The normalized spacial score (nSPS) is 14.5. The number of carbonyl (C=O) groups excluding carboxylic acids is 1. The van der Waals surface area contributed by atoms with E-state index in [-0.39, 0.29) is 0 Å². The maximum absolute atomic E-state index is 12.8. The molecule has 0 N–H and O–H groups in total. The molecule has 1 saturated heterocycles. The Morgan fingerprint density at radius 1 is 0.727 bits per heavy atom. The molecule has 0 aromatic heterocycles. The van der Waals surface area contributed by atoms with E-state index in [0.29, 0.717) is 12.3 Å². The fourth-order valence-electron chi connectivity index (χ4n) is 4.65. The molecule has 0 atom stereocenters. The summed E-state index contributed by atoms with van der Waals surface area (Å²) in [5.41, 5.74) is 6.04. The van der Waals surface area contributed by atoms with E-state index in [1.54, 1.807) is 7.11 Å². The van der Waals surface area contributed by atoms with Crippen LogP contribution < -0.4 is 4.74 Å². The number of nitrogens with zero attached hydrogens (tertiary/aromatic N) is 1. The lowest BCUT2D eigenvalue weighted by atomic mass is 9.87. The molecule has 1 aliphatic heterocycles. The van der Waals surface area contributed by atoms with Gasteiger partial charge in [-0.2, -0.15) is 0 Å². The summed E-state index contributed by atoms with van der Waals surface area (Å²) in [6.07, 6.45) is 5.80. The molecule has 0 aliphatic carbocycles. The van der Waals surface area contributed by atoms with Gasteiger partial charge in [-0.3, -0.25) is 4.79 Å². The quantitative estimate of drug-likeness (QED) is 0.360. The first-order valence-corrected chi connectivity index (χ1v) is 12.0. The van der Waals surface area contributed by atoms with Crippen molar-refractivity contribution in [2.45, 2.75) is 38.5 Å². The molecule has 0 unspecified atom stereocenters. The van der Waals surface area contributed by atoms with Gasteiger partial charge in [-0.25, -0.2) is 0 Å². The molecule has 1 aliphatic rings. The van der Waals surface area contributed by atoms with Crippen LogP contribution in [0.15, 0.2) is 84.9 Å². The number of rotatable bonds is 8. The molecule has 0 spiro atoms. The van der Waals surface area contributed by atoms with Gasteiger partial charge in [-0.05, 0) is 72.1 Å². The molecular formula is C30H33NO2. The van der Waals surface area contributed by atoms with E-state index >= 15 is 0 Å². The average molecular weight is 440 g/mol. The highest BCUT2D eigenvalue weighted by Gasteiger charge is 2.18. The van der Waals surface area contributed by atoms with Crippen molar-refractivity contribution in [3.8, 4) is 5.75 Å². The summed E-state index contributed by atoms with van der Waals surface area (Å²) >= 11 is 0. The van der Waals surface area contributed by atoms with E-state index < -0.39 is 0 Å². The molecule has 0 radical (unpaired) electrons. The van der Waals surface area contributed by atoms with Gasteiger partial charge in [-0.1, -0.05) is 72.8 Å². The number of methoxy groups -OCH3 is 1. The third kappa shape index (κ3) is 5.92. The van der Waals surface area contributed by atoms with Gasteiger partial charge in [0.25, 0.3) is 0 Å². The zero-order valence-corrected chi connectivity index (χ0v) is 19.5. The Bertz CT molecular complexity index is 1050. The molecule has 0 bridgehead atoms. The summed E-state index contributed by atoms with van der Waals surface area (Å²) in [5, 5.41) is 0. The number of piperidine rings is 1. The maximum atomic E-state index is 12.8. The van der Waals surface area contributed by atoms with E-state index in [9.17, 15) is 4.79 Å². The summed E-state index contributed by atoms with van der Waals surface area (Å²) in [6, 6.07) is 29.4. The molecule has 3 nitrogen and oxygen atoms in total. The summed E-state index contributed by atoms with van der Waals surface area (Å²) in [6.45, 7) is 1.84. The van der Waals surface area contributed by atoms with Gasteiger partial charge in [0.1, 0.15) is 5.75 Å². The lowest BCUT2D eigenvalue weighted by Crippen LogP contribution is -2.35. The van der Waals surface area contributed by atoms with Crippen LogP contribution in [0, 0.1) is 0 Å². The molecule has 4 rings (SSSR count). The first kappa shape index (κ1) is 22.8. The van der Waals surface area contributed by atoms with Crippen molar-refractivity contribution >= 4 is 17.1 Å². The number of amides is 1. The van der Waals surface area contributed by atoms with Crippen LogP contribution in [-0.4, -0.2) is 31.0 Å². The highest BCUT2D eigenvalue weighted by molar-refractivity contribution is 5.98. The molecule has 1 fully saturated rings. The van der Waals surface area contributed by atoms with E-state index in [0.717, 1.165) is 50.1 Å². The topological polar surface area (TPSA) is 29.5 Å². The SMILES string of the molecule is COc1ccc(/C(=C(/CCCC(=O)N2CCCCC2)c2ccccc2)c2ccccc2)cc1. The van der Waals surface area contributed by atoms with Crippen molar-refractivity contribution in [3.63, 3.8) is 0 Å². The Morgan fingerprint density at radius 3 is 1.91 bits per heavy atom. The van der Waals surface area contributed by atoms with Crippen LogP contribution in [0.1, 0.15) is 55.2 Å². The van der Waals surface area contributed by atoms with Crippen molar-refractivity contribution in [2.75, 3.05) is 20.2 Å². The van der Waals surface area contributed by atoms with Gasteiger partial charge >= 0.3 is 0 Å². The van der Waals surface area contributed by atoms with E-state index in [1.165, 1.54) is 28.7 Å². The Labute approximate surface area is 197 Å². The van der Waals surface area contributed by atoms with Gasteiger partial charge in [0.15, 0.2) is 0 Å². The monoisotopic (exact) mass is 439 g/mol. The van der Waals surface area contributed by atoms with Crippen LogP contribution in [0.2, 0.25) is 0 Å². The second-order valence-electron chi connectivity index (χ2n) is 8.61. The number of benzene rings is 3. The number of hydrogen-bond donors (Lipinski definition) is 0. The van der Waals surface area contributed by atoms with Crippen LogP contribution in [0.5, 0.6) is 5.75 Å². The molecule has 3 aromatic rings. The maximum Gasteiger partial charge on any atom is 0.222 e. The highest BCUT2D eigenvalue weighted by Crippen LogP contribution is 2.36. The Balaban J connectivity index is 1.69. The highest BCUT2D eigenvalue weighted by atomic mass is 16.5. The number of likely N-dealkylation sites (tertiary alicyclic amines) is 1. The van der Waals surface area contributed by atoms with Crippen LogP contribution in [0.25, 0.3) is 11.1 Å². The van der Waals surface area contributed by atoms with E-state index in [2.05, 4.69) is 77.7 Å². The summed E-state index contributed by atoms with van der Waals surface area (Å²) < 4.78 is 5.39. The molecule has 33 heavy (non-hydrogen) atoms. The number of carbonyl (C=O) groups is 1. The first-order chi connectivity index (χ1) is 16.3. The lowest BCUT2D eigenvalue weighted by molar-refractivity contribution is -0.132. The molecule has 1 heterocycles. The minimum atomic E-state index is 0.299. The second-order valence-corrected chi connectivity index (χ2v) is 8.61. The third-order valence-corrected chi connectivity index (χ3v) is 6.39. The zero-order chi connectivity index (χ0) is 22.9. The zero-order valence-electron chi connectivity index (χ0n) is 19.5.